The molecule has 0 saturated heterocycles. The van der Waals surface area contributed by atoms with Gasteiger partial charge in [0.15, 0.2) is 11.6 Å². The van der Waals surface area contributed by atoms with Crippen molar-refractivity contribution in [3.05, 3.63) is 59.9 Å². The number of nitrogen functional groups attached to an aromatic ring is 1. The number of pyridine rings is 1. The molecule has 0 spiro atoms. The number of carbonyl (C=O) groups excluding carboxylic acids is 1. The average Bonchev–Trinajstić information content (AvgIpc) is 3.29. The van der Waals surface area contributed by atoms with Crippen LogP contribution >= 0.6 is 0 Å². The second kappa shape index (κ2) is 6.50. The Morgan fingerprint density at radius 3 is 2.85 bits per heavy atom. The first kappa shape index (κ1) is 17.2. The Morgan fingerprint density at radius 1 is 1.37 bits per heavy atom. The van der Waals surface area contributed by atoms with Gasteiger partial charge in [0.2, 0.25) is 0 Å². The lowest BCUT2D eigenvalue weighted by atomic mass is 10.0. The van der Waals surface area contributed by atoms with Crippen molar-refractivity contribution in [2.45, 2.75) is 12.6 Å². The Morgan fingerprint density at radius 2 is 2.15 bits per heavy atom. The van der Waals surface area contributed by atoms with Crippen LogP contribution in [-0.2, 0) is 4.74 Å². The molecule has 1 aliphatic carbocycles. The third-order valence-electron chi connectivity index (χ3n) is 4.66. The Labute approximate surface area is 154 Å². The van der Waals surface area contributed by atoms with Gasteiger partial charge in [0.1, 0.15) is 23.3 Å². The van der Waals surface area contributed by atoms with Gasteiger partial charge in [-0.05, 0) is 41.8 Å². The molecule has 1 aliphatic rings. The largest absolute Gasteiger partial charge is 0.504 e. The van der Waals surface area contributed by atoms with Crippen LogP contribution in [0.5, 0.6) is 0 Å². The van der Waals surface area contributed by atoms with Gasteiger partial charge < -0.3 is 10.5 Å². The molecule has 0 unspecified atom stereocenters. The van der Waals surface area contributed by atoms with Crippen LogP contribution in [0.3, 0.4) is 0 Å². The van der Waals surface area contributed by atoms with Gasteiger partial charge >= 0.3 is 0 Å². The van der Waals surface area contributed by atoms with Gasteiger partial charge in [-0.2, -0.15) is 0 Å². The number of methoxy groups -OCH3 is 1. The number of ether oxygens (including phenoxy) is 1. The second-order valence-corrected chi connectivity index (χ2v) is 6.45. The minimum Gasteiger partial charge on any atom is -0.504 e. The molecule has 3 aromatic rings. The molecular formula is C20H17F2N3O2. The van der Waals surface area contributed by atoms with Gasteiger partial charge in [0.25, 0.3) is 0 Å². The van der Waals surface area contributed by atoms with E-state index < -0.39 is 17.9 Å². The van der Waals surface area contributed by atoms with Crippen molar-refractivity contribution in [3.63, 3.8) is 0 Å². The first-order chi connectivity index (χ1) is 13.0. The minimum absolute atomic E-state index is 0.0648. The highest BCUT2D eigenvalue weighted by atomic mass is 19.1. The number of anilines is 1. The zero-order valence-electron chi connectivity index (χ0n) is 14.5. The molecule has 2 N–H and O–H groups in total. The van der Waals surface area contributed by atoms with Gasteiger partial charge in [0, 0.05) is 11.8 Å². The predicted octanol–water partition coefficient (Wildman–Crippen LogP) is 3.88. The molecule has 0 aliphatic heterocycles. The summed E-state index contributed by atoms with van der Waals surface area (Å²) in [7, 11) is 1.48. The fraction of sp³-hybridized carbons (Fsp3) is 0.200. The maximum absolute atomic E-state index is 14.3. The summed E-state index contributed by atoms with van der Waals surface area (Å²) < 4.78 is 34.1. The third-order valence-corrected chi connectivity index (χ3v) is 4.66. The van der Waals surface area contributed by atoms with Crippen LogP contribution in [0.1, 0.15) is 22.5 Å². The van der Waals surface area contributed by atoms with Gasteiger partial charge in [0.05, 0.1) is 19.3 Å². The summed E-state index contributed by atoms with van der Waals surface area (Å²) in [5, 5.41) is 0. The molecular weight excluding hydrogens is 352 g/mol. The number of aromatic nitrogens is 2. The van der Waals surface area contributed by atoms with E-state index in [1.165, 1.54) is 25.5 Å². The molecule has 27 heavy (non-hydrogen) atoms. The summed E-state index contributed by atoms with van der Waals surface area (Å²) in [6, 6.07) is 8.18. The van der Waals surface area contributed by atoms with Crippen LogP contribution in [-0.4, -0.2) is 28.4 Å². The number of alkyl halides is 1. The fourth-order valence-electron chi connectivity index (χ4n) is 3.17. The quantitative estimate of drug-likeness (QED) is 0.547. The van der Waals surface area contributed by atoms with E-state index in [9.17, 15) is 13.6 Å². The fourth-order valence-corrected chi connectivity index (χ4v) is 3.17. The van der Waals surface area contributed by atoms with Crippen LogP contribution in [0.15, 0.2) is 42.8 Å². The number of imidazole rings is 1. The van der Waals surface area contributed by atoms with Crippen molar-refractivity contribution in [1.29, 1.82) is 0 Å². The number of carbonyl (C=O) groups is 1. The first-order valence-corrected chi connectivity index (χ1v) is 8.45. The number of halogens is 2. The Kier molecular flexibility index (Phi) is 4.14. The highest BCUT2D eigenvalue weighted by Crippen LogP contribution is 2.38. The van der Waals surface area contributed by atoms with Crippen molar-refractivity contribution in [2.24, 2.45) is 5.92 Å². The molecule has 0 amide bonds. The van der Waals surface area contributed by atoms with E-state index in [4.69, 9.17) is 10.5 Å². The van der Waals surface area contributed by atoms with Crippen LogP contribution in [0.2, 0.25) is 0 Å². The number of nitrogens with zero attached hydrogens (tertiary/aromatic N) is 2. The van der Waals surface area contributed by atoms with Crippen LogP contribution in [0.4, 0.5) is 14.6 Å². The molecule has 7 heteroatoms. The van der Waals surface area contributed by atoms with Crippen molar-refractivity contribution < 1.29 is 18.3 Å². The van der Waals surface area contributed by atoms with E-state index >= 15 is 0 Å². The summed E-state index contributed by atoms with van der Waals surface area (Å²) in [6.07, 6.45) is 3.67. The topological polar surface area (TPSA) is 69.6 Å². The Hall–Kier alpha value is -3.22. The monoisotopic (exact) mass is 369 g/mol. The lowest BCUT2D eigenvalue weighted by molar-refractivity contribution is 0.0952. The average molecular weight is 369 g/mol. The maximum Gasteiger partial charge on any atom is 0.189 e. The lowest BCUT2D eigenvalue weighted by Gasteiger charge is -2.09. The number of hydrogen-bond acceptors (Lipinski definition) is 4. The number of nitrogens with two attached hydrogens (primary N) is 1. The summed E-state index contributed by atoms with van der Waals surface area (Å²) >= 11 is 0. The summed E-state index contributed by atoms with van der Waals surface area (Å²) in [5.41, 5.74) is 8.19. The first-order valence-electron chi connectivity index (χ1n) is 8.45. The molecule has 0 radical (unpaired) electrons. The molecule has 2 aromatic heterocycles. The lowest BCUT2D eigenvalue weighted by Crippen LogP contribution is -2.10. The van der Waals surface area contributed by atoms with Gasteiger partial charge in [-0.3, -0.25) is 9.20 Å². The summed E-state index contributed by atoms with van der Waals surface area (Å²) in [4.78, 5) is 16.7. The zero-order chi connectivity index (χ0) is 19.1. The molecule has 5 nitrogen and oxygen atoms in total. The van der Waals surface area contributed by atoms with Gasteiger partial charge in [-0.15, -0.1) is 0 Å². The summed E-state index contributed by atoms with van der Waals surface area (Å²) in [5.74, 6) is -1.36. The number of Topliss-reactive ketones (excluding diaryl/α,β-unsaturated/α-hetero) is 1. The van der Waals surface area contributed by atoms with Gasteiger partial charge in [-0.1, -0.05) is 12.1 Å². The van der Waals surface area contributed by atoms with Crippen molar-refractivity contribution >= 4 is 23.3 Å². The maximum atomic E-state index is 14.3. The molecule has 1 aromatic carbocycles. The van der Waals surface area contributed by atoms with E-state index in [0.29, 0.717) is 22.3 Å². The van der Waals surface area contributed by atoms with E-state index in [2.05, 4.69) is 4.98 Å². The number of rotatable bonds is 5. The van der Waals surface area contributed by atoms with E-state index in [1.807, 2.05) is 0 Å². The SMILES string of the molecule is CO/C=C/c1c(F)cccc1-c1ccc2nc(N)c(C(=O)[C@@H]3C[C@@H]3F)n2c1. The minimum atomic E-state index is -1.13. The zero-order valence-corrected chi connectivity index (χ0v) is 14.5. The highest BCUT2D eigenvalue weighted by molar-refractivity contribution is 6.03. The number of ketones is 1. The van der Waals surface area contributed by atoms with Crippen LogP contribution in [0.25, 0.3) is 22.9 Å². The molecule has 2 heterocycles. The van der Waals surface area contributed by atoms with Crippen molar-refractivity contribution in [1.82, 2.24) is 9.38 Å². The number of hydrogen-bond donors (Lipinski definition) is 1. The standard InChI is InChI=1S/C20H17F2N3O2/c1-27-8-7-13-12(3-2-4-15(13)21)11-5-6-17-24-20(23)18(25(17)10-11)19(26)14-9-16(14)22/h2-8,10,14,16H,9,23H2,1H3/b8-7+/t14-,16+/m1/s1. The third kappa shape index (κ3) is 2.95. The van der Waals surface area contributed by atoms with E-state index in [0.717, 1.165) is 0 Å². The molecule has 1 fully saturated rings. The molecule has 138 valence electrons. The van der Waals surface area contributed by atoms with Crippen molar-refractivity contribution in [3.8, 4) is 11.1 Å². The number of fused-ring (bicyclic) bond motifs is 1. The second-order valence-electron chi connectivity index (χ2n) is 6.45. The molecule has 2 atom stereocenters. The predicted molar refractivity (Wildman–Crippen MR) is 98.4 cm³/mol. The van der Waals surface area contributed by atoms with Gasteiger partial charge in [-0.25, -0.2) is 13.8 Å². The van der Waals surface area contributed by atoms with Crippen LogP contribution < -0.4 is 5.73 Å². The number of benzene rings is 1. The Bertz CT molecular complexity index is 1070. The highest BCUT2D eigenvalue weighted by Gasteiger charge is 2.45. The molecule has 0 bridgehead atoms. The normalized spacial score (nSPS) is 18.9. The molecule has 4 rings (SSSR count). The van der Waals surface area contributed by atoms with Crippen molar-refractivity contribution in [2.75, 3.05) is 12.8 Å². The van der Waals surface area contributed by atoms with E-state index in [1.54, 1.807) is 34.9 Å². The summed E-state index contributed by atoms with van der Waals surface area (Å²) in [6.45, 7) is 0. The van der Waals surface area contributed by atoms with Crippen LogP contribution in [0, 0.1) is 11.7 Å². The van der Waals surface area contributed by atoms with E-state index in [-0.39, 0.29) is 23.7 Å². The Balaban J connectivity index is 1.86. The smallest absolute Gasteiger partial charge is 0.189 e. The molecule has 1 saturated carbocycles.